The van der Waals surface area contributed by atoms with Gasteiger partial charge in [-0.3, -0.25) is 9.59 Å². The van der Waals surface area contributed by atoms with Gasteiger partial charge in [0.25, 0.3) is 11.8 Å². The number of amides is 2. The van der Waals surface area contributed by atoms with Crippen molar-refractivity contribution in [2.24, 2.45) is 0 Å². The van der Waals surface area contributed by atoms with Crippen molar-refractivity contribution in [3.63, 3.8) is 0 Å². The maximum absolute atomic E-state index is 12.5. The molecule has 0 aromatic heterocycles. The van der Waals surface area contributed by atoms with Crippen molar-refractivity contribution >= 4 is 17.5 Å². The highest BCUT2D eigenvalue weighted by atomic mass is 16.2. The highest BCUT2D eigenvalue weighted by Crippen LogP contribution is 2.20. The number of anilines is 1. The van der Waals surface area contributed by atoms with Crippen molar-refractivity contribution in [3.8, 4) is 11.1 Å². The molecule has 0 spiro atoms. The lowest BCUT2D eigenvalue weighted by molar-refractivity contribution is 0.0950. The molecule has 0 saturated heterocycles. The quantitative estimate of drug-likeness (QED) is 0.442. The predicted molar refractivity (Wildman–Crippen MR) is 124 cm³/mol. The van der Waals surface area contributed by atoms with Crippen molar-refractivity contribution in [3.05, 3.63) is 126 Å². The van der Waals surface area contributed by atoms with Crippen LogP contribution in [0.25, 0.3) is 11.1 Å². The van der Waals surface area contributed by atoms with Crippen molar-refractivity contribution in [1.82, 2.24) is 5.32 Å². The van der Waals surface area contributed by atoms with E-state index in [1.165, 1.54) is 0 Å². The molecule has 31 heavy (non-hydrogen) atoms. The van der Waals surface area contributed by atoms with E-state index in [1.54, 1.807) is 24.3 Å². The van der Waals surface area contributed by atoms with Gasteiger partial charge in [-0.15, -0.1) is 0 Å². The highest BCUT2D eigenvalue weighted by molar-refractivity contribution is 6.04. The third kappa shape index (κ3) is 5.25. The second kappa shape index (κ2) is 9.55. The number of nitrogens with one attached hydrogen (secondary N) is 2. The van der Waals surface area contributed by atoms with E-state index in [2.05, 4.69) is 10.6 Å². The van der Waals surface area contributed by atoms with Crippen LogP contribution in [0.4, 0.5) is 5.69 Å². The van der Waals surface area contributed by atoms with Gasteiger partial charge in [0.05, 0.1) is 0 Å². The zero-order valence-electron chi connectivity index (χ0n) is 16.9. The van der Waals surface area contributed by atoms with Crippen LogP contribution in [-0.4, -0.2) is 11.8 Å². The minimum atomic E-state index is -0.194. The van der Waals surface area contributed by atoms with Gasteiger partial charge in [-0.2, -0.15) is 0 Å². The third-order valence-electron chi connectivity index (χ3n) is 4.96. The lowest BCUT2D eigenvalue weighted by Gasteiger charge is -2.08. The minimum absolute atomic E-state index is 0.154. The number of carbonyl (C=O) groups is 2. The Morgan fingerprint density at radius 1 is 0.548 bits per heavy atom. The smallest absolute Gasteiger partial charge is 0.255 e. The first kappa shape index (κ1) is 20.1. The third-order valence-corrected chi connectivity index (χ3v) is 4.96. The average molecular weight is 406 g/mol. The fourth-order valence-electron chi connectivity index (χ4n) is 3.23. The van der Waals surface area contributed by atoms with E-state index >= 15 is 0 Å². The maximum Gasteiger partial charge on any atom is 0.255 e. The number of carbonyl (C=O) groups excluding carboxylic acids is 2. The summed E-state index contributed by atoms with van der Waals surface area (Å²) < 4.78 is 0. The molecule has 0 aliphatic carbocycles. The number of hydrogen-bond acceptors (Lipinski definition) is 2. The molecule has 4 aromatic carbocycles. The Labute approximate surface area is 181 Å². The number of hydrogen-bond donors (Lipinski definition) is 2. The Hall–Kier alpha value is -4.18. The van der Waals surface area contributed by atoms with Crippen LogP contribution >= 0.6 is 0 Å². The monoisotopic (exact) mass is 406 g/mol. The van der Waals surface area contributed by atoms with Gasteiger partial charge >= 0.3 is 0 Å². The highest BCUT2D eigenvalue weighted by Gasteiger charge is 2.09. The van der Waals surface area contributed by atoms with Crippen molar-refractivity contribution in [2.45, 2.75) is 6.54 Å². The molecule has 0 aliphatic rings. The van der Waals surface area contributed by atoms with E-state index < -0.39 is 0 Å². The summed E-state index contributed by atoms with van der Waals surface area (Å²) in [6.07, 6.45) is 0. The van der Waals surface area contributed by atoms with Gasteiger partial charge in [-0.05, 0) is 53.1 Å². The first-order chi connectivity index (χ1) is 15.2. The lowest BCUT2D eigenvalue weighted by atomic mass is 10.0. The van der Waals surface area contributed by atoms with Crippen molar-refractivity contribution in [1.29, 1.82) is 0 Å². The molecular formula is C27H22N2O2. The average Bonchev–Trinajstić information content (AvgIpc) is 2.84. The minimum Gasteiger partial charge on any atom is -0.348 e. The van der Waals surface area contributed by atoms with Crippen LogP contribution in [0.15, 0.2) is 109 Å². The predicted octanol–water partition coefficient (Wildman–Crippen LogP) is 5.54. The van der Waals surface area contributed by atoms with E-state index in [0.29, 0.717) is 23.4 Å². The standard InChI is InChI=1S/C27H22N2O2/c30-26(28-19-20-7-3-1-4-8-20)23-15-17-25(18-16-23)29-27(31)24-13-11-22(12-14-24)21-9-5-2-6-10-21/h1-18H,19H2,(H,28,30)(H,29,31). The summed E-state index contributed by atoms with van der Waals surface area (Å²) in [6.45, 7) is 0.469. The summed E-state index contributed by atoms with van der Waals surface area (Å²) in [4.78, 5) is 24.9. The van der Waals surface area contributed by atoms with Gasteiger partial charge in [-0.1, -0.05) is 72.8 Å². The summed E-state index contributed by atoms with van der Waals surface area (Å²) in [7, 11) is 0. The van der Waals surface area contributed by atoms with Crippen LogP contribution in [0.3, 0.4) is 0 Å². The van der Waals surface area contributed by atoms with Crippen LogP contribution in [0.1, 0.15) is 26.3 Å². The molecule has 4 heteroatoms. The van der Waals surface area contributed by atoms with Crippen LogP contribution in [0.2, 0.25) is 0 Å². The van der Waals surface area contributed by atoms with Crippen LogP contribution < -0.4 is 10.6 Å². The molecule has 0 unspecified atom stereocenters. The van der Waals surface area contributed by atoms with Gasteiger partial charge < -0.3 is 10.6 Å². The first-order valence-corrected chi connectivity index (χ1v) is 10.1. The molecule has 4 aromatic rings. The Balaban J connectivity index is 1.35. The molecule has 2 N–H and O–H groups in total. The number of rotatable bonds is 6. The molecule has 0 aliphatic heterocycles. The van der Waals surface area contributed by atoms with Crippen LogP contribution in [0.5, 0.6) is 0 Å². The molecule has 0 atom stereocenters. The van der Waals surface area contributed by atoms with E-state index in [-0.39, 0.29) is 11.8 Å². The largest absolute Gasteiger partial charge is 0.348 e. The summed E-state index contributed by atoms with van der Waals surface area (Å²) in [6, 6.07) is 34.1. The first-order valence-electron chi connectivity index (χ1n) is 10.1. The Morgan fingerprint density at radius 2 is 1.06 bits per heavy atom. The van der Waals surface area contributed by atoms with E-state index in [0.717, 1.165) is 16.7 Å². The summed E-state index contributed by atoms with van der Waals surface area (Å²) in [5.41, 5.74) is 4.96. The maximum atomic E-state index is 12.5. The Bertz CT molecular complexity index is 1150. The summed E-state index contributed by atoms with van der Waals surface area (Å²) in [5.74, 6) is -0.348. The molecule has 0 saturated carbocycles. The van der Waals surface area contributed by atoms with Gasteiger partial charge in [0.1, 0.15) is 0 Å². The number of benzene rings is 4. The molecular weight excluding hydrogens is 384 g/mol. The summed E-state index contributed by atoms with van der Waals surface area (Å²) >= 11 is 0. The normalized spacial score (nSPS) is 10.3. The van der Waals surface area contributed by atoms with Gasteiger partial charge in [0.15, 0.2) is 0 Å². The second-order valence-electron chi connectivity index (χ2n) is 7.14. The lowest BCUT2D eigenvalue weighted by Crippen LogP contribution is -2.22. The van der Waals surface area contributed by atoms with Gasteiger partial charge in [-0.25, -0.2) is 0 Å². The Morgan fingerprint density at radius 3 is 1.71 bits per heavy atom. The fourth-order valence-corrected chi connectivity index (χ4v) is 3.23. The molecule has 2 amide bonds. The summed E-state index contributed by atoms with van der Waals surface area (Å²) in [5, 5.41) is 5.76. The zero-order valence-corrected chi connectivity index (χ0v) is 16.9. The van der Waals surface area contributed by atoms with Crippen LogP contribution in [-0.2, 0) is 6.54 Å². The van der Waals surface area contributed by atoms with E-state index in [9.17, 15) is 9.59 Å². The van der Waals surface area contributed by atoms with Gasteiger partial charge in [0.2, 0.25) is 0 Å². The fraction of sp³-hybridized carbons (Fsp3) is 0.0370. The molecule has 4 nitrogen and oxygen atoms in total. The van der Waals surface area contributed by atoms with E-state index in [4.69, 9.17) is 0 Å². The molecule has 0 bridgehead atoms. The van der Waals surface area contributed by atoms with E-state index in [1.807, 2.05) is 84.9 Å². The van der Waals surface area contributed by atoms with Crippen molar-refractivity contribution in [2.75, 3.05) is 5.32 Å². The second-order valence-corrected chi connectivity index (χ2v) is 7.14. The van der Waals surface area contributed by atoms with Gasteiger partial charge in [0, 0.05) is 23.4 Å². The topological polar surface area (TPSA) is 58.2 Å². The SMILES string of the molecule is O=C(NCc1ccccc1)c1ccc(NC(=O)c2ccc(-c3ccccc3)cc2)cc1. The molecule has 0 heterocycles. The van der Waals surface area contributed by atoms with Crippen molar-refractivity contribution < 1.29 is 9.59 Å². The Kier molecular flexibility index (Phi) is 6.19. The molecule has 4 rings (SSSR count). The zero-order chi connectivity index (χ0) is 21.5. The van der Waals surface area contributed by atoms with Crippen LogP contribution in [0, 0.1) is 0 Å². The molecule has 0 fully saturated rings. The molecule has 152 valence electrons. The molecule has 0 radical (unpaired) electrons.